The second-order valence-corrected chi connectivity index (χ2v) is 3.32. The predicted molar refractivity (Wildman–Crippen MR) is 43.7 cm³/mol. The lowest BCUT2D eigenvalue weighted by molar-refractivity contribution is -0.00151. The van der Waals surface area contributed by atoms with Crippen molar-refractivity contribution < 1.29 is 4.74 Å². The zero-order valence-electron chi connectivity index (χ0n) is 6.88. The lowest BCUT2D eigenvalue weighted by Crippen LogP contribution is -2.48. The van der Waals surface area contributed by atoms with Gasteiger partial charge in [0.05, 0.1) is 13.2 Å². The molecule has 0 aliphatic carbocycles. The molecule has 0 spiro atoms. The minimum Gasteiger partial charge on any atom is -0.378 e. The second kappa shape index (κ2) is 3.52. The van der Waals surface area contributed by atoms with Crippen molar-refractivity contribution in [2.45, 2.75) is 12.5 Å². The zero-order valence-corrected chi connectivity index (χ0v) is 6.88. The average molecular weight is 156 g/mol. The van der Waals surface area contributed by atoms with Crippen LogP contribution in [0.3, 0.4) is 0 Å². The van der Waals surface area contributed by atoms with Gasteiger partial charge in [0, 0.05) is 19.1 Å². The van der Waals surface area contributed by atoms with E-state index in [-0.39, 0.29) is 0 Å². The Bertz CT molecular complexity index is 115. The third-order valence-corrected chi connectivity index (χ3v) is 2.53. The Morgan fingerprint density at radius 2 is 2.36 bits per heavy atom. The molecule has 2 rings (SSSR count). The molecule has 0 aromatic rings. The van der Waals surface area contributed by atoms with E-state index in [2.05, 4.69) is 10.2 Å². The van der Waals surface area contributed by atoms with E-state index in [0.717, 1.165) is 26.3 Å². The number of ether oxygens (including phenoxy) is 1. The average Bonchev–Trinajstić information content (AvgIpc) is 2.28. The molecular weight excluding hydrogens is 140 g/mol. The first kappa shape index (κ1) is 7.53. The Labute approximate surface area is 67.7 Å². The summed E-state index contributed by atoms with van der Waals surface area (Å²) in [6.45, 7) is 6.52. The molecule has 0 aromatic heterocycles. The Kier molecular flexibility index (Phi) is 2.41. The predicted octanol–water partition coefficient (Wildman–Crippen LogP) is -0.319. The fourth-order valence-corrected chi connectivity index (χ4v) is 1.85. The van der Waals surface area contributed by atoms with Crippen LogP contribution in [0.5, 0.6) is 0 Å². The highest BCUT2D eigenvalue weighted by molar-refractivity contribution is 4.79. The van der Waals surface area contributed by atoms with Crippen molar-refractivity contribution in [1.82, 2.24) is 10.2 Å². The summed E-state index contributed by atoms with van der Waals surface area (Å²) in [5, 5.41) is 3.42. The molecule has 0 radical (unpaired) electrons. The van der Waals surface area contributed by atoms with E-state index < -0.39 is 0 Å². The molecular formula is C8H16N2O. The molecule has 0 amide bonds. The Morgan fingerprint density at radius 1 is 1.36 bits per heavy atom. The molecule has 2 aliphatic rings. The van der Waals surface area contributed by atoms with Gasteiger partial charge in [0.15, 0.2) is 0 Å². The van der Waals surface area contributed by atoms with Crippen LogP contribution < -0.4 is 5.32 Å². The maximum absolute atomic E-state index is 5.41. The third-order valence-electron chi connectivity index (χ3n) is 2.53. The van der Waals surface area contributed by atoms with Crippen molar-refractivity contribution in [3.8, 4) is 0 Å². The summed E-state index contributed by atoms with van der Waals surface area (Å²) in [5.41, 5.74) is 0. The number of nitrogens with one attached hydrogen (secondary N) is 1. The van der Waals surface area contributed by atoms with Crippen LogP contribution in [-0.4, -0.2) is 50.3 Å². The van der Waals surface area contributed by atoms with Crippen LogP contribution in [0.1, 0.15) is 6.42 Å². The number of hydrogen-bond acceptors (Lipinski definition) is 3. The number of fused-ring (bicyclic) bond motifs is 1. The van der Waals surface area contributed by atoms with Gasteiger partial charge >= 0.3 is 0 Å². The summed E-state index contributed by atoms with van der Waals surface area (Å²) in [6.07, 6.45) is 1.29. The normalized spacial score (nSPS) is 34.4. The number of morpholine rings is 1. The van der Waals surface area contributed by atoms with Crippen LogP contribution in [0.15, 0.2) is 0 Å². The zero-order chi connectivity index (χ0) is 7.52. The van der Waals surface area contributed by atoms with Crippen molar-refractivity contribution in [1.29, 1.82) is 0 Å². The van der Waals surface area contributed by atoms with Crippen molar-refractivity contribution in [3.63, 3.8) is 0 Å². The first-order valence-electron chi connectivity index (χ1n) is 4.49. The van der Waals surface area contributed by atoms with Crippen LogP contribution in [-0.2, 0) is 4.74 Å². The van der Waals surface area contributed by atoms with Gasteiger partial charge < -0.3 is 10.1 Å². The highest BCUT2D eigenvalue weighted by atomic mass is 16.5. The van der Waals surface area contributed by atoms with Crippen molar-refractivity contribution in [2.24, 2.45) is 0 Å². The molecule has 0 saturated carbocycles. The first-order chi connectivity index (χ1) is 5.47. The van der Waals surface area contributed by atoms with Gasteiger partial charge in [-0.15, -0.1) is 0 Å². The third kappa shape index (κ3) is 1.72. The van der Waals surface area contributed by atoms with Gasteiger partial charge in [-0.05, 0) is 19.5 Å². The minimum absolute atomic E-state index is 0.645. The molecule has 3 nitrogen and oxygen atoms in total. The molecule has 64 valence electrons. The van der Waals surface area contributed by atoms with E-state index in [1.165, 1.54) is 19.5 Å². The first-order valence-corrected chi connectivity index (χ1v) is 4.49. The monoisotopic (exact) mass is 156 g/mol. The van der Waals surface area contributed by atoms with Gasteiger partial charge in [-0.1, -0.05) is 0 Å². The van der Waals surface area contributed by atoms with E-state index in [4.69, 9.17) is 4.74 Å². The summed E-state index contributed by atoms with van der Waals surface area (Å²) >= 11 is 0. The standard InChI is InChI=1S/C8H16N2O/c1-2-9-6-8-7-11-5-4-10(8)3-1/h8-9H,1-7H2. The lowest BCUT2D eigenvalue weighted by atomic mass is 10.2. The number of hydrogen-bond donors (Lipinski definition) is 1. The molecule has 3 heteroatoms. The van der Waals surface area contributed by atoms with Crippen molar-refractivity contribution in [3.05, 3.63) is 0 Å². The Morgan fingerprint density at radius 3 is 3.36 bits per heavy atom. The van der Waals surface area contributed by atoms with Gasteiger partial charge in [0.2, 0.25) is 0 Å². The molecule has 2 heterocycles. The van der Waals surface area contributed by atoms with Gasteiger partial charge in [0.1, 0.15) is 0 Å². The van der Waals surface area contributed by atoms with E-state index in [1.807, 2.05) is 0 Å². The molecule has 2 fully saturated rings. The fourth-order valence-electron chi connectivity index (χ4n) is 1.85. The Balaban J connectivity index is 1.93. The highest BCUT2D eigenvalue weighted by Gasteiger charge is 2.23. The van der Waals surface area contributed by atoms with E-state index in [0.29, 0.717) is 6.04 Å². The van der Waals surface area contributed by atoms with Gasteiger partial charge in [-0.3, -0.25) is 4.90 Å². The summed E-state index contributed by atoms with van der Waals surface area (Å²) < 4.78 is 5.41. The summed E-state index contributed by atoms with van der Waals surface area (Å²) in [4.78, 5) is 2.55. The van der Waals surface area contributed by atoms with Gasteiger partial charge in [-0.2, -0.15) is 0 Å². The molecule has 0 aromatic carbocycles. The smallest absolute Gasteiger partial charge is 0.0634 e. The Hall–Kier alpha value is -0.120. The van der Waals surface area contributed by atoms with E-state index >= 15 is 0 Å². The largest absolute Gasteiger partial charge is 0.378 e. The van der Waals surface area contributed by atoms with Crippen LogP contribution in [0.25, 0.3) is 0 Å². The summed E-state index contributed by atoms with van der Waals surface area (Å²) in [6, 6.07) is 0.645. The van der Waals surface area contributed by atoms with Gasteiger partial charge in [-0.25, -0.2) is 0 Å². The lowest BCUT2D eigenvalue weighted by Gasteiger charge is -2.33. The van der Waals surface area contributed by atoms with Crippen LogP contribution >= 0.6 is 0 Å². The molecule has 1 unspecified atom stereocenters. The van der Waals surface area contributed by atoms with Crippen LogP contribution in [0.2, 0.25) is 0 Å². The topological polar surface area (TPSA) is 24.5 Å². The van der Waals surface area contributed by atoms with Gasteiger partial charge in [0.25, 0.3) is 0 Å². The number of nitrogens with zero attached hydrogens (tertiary/aromatic N) is 1. The number of rotatable bonds is 0. The summed E-state index contributed by atoms with van der Waals surface area (Å²) in [7, 11) is 0. The summed E-state index contributed by atoms with van der Waals surface area (Å²) in [5.74, 6) is 0. The highest BCUT2D eigenvalue weighted by Crippen LogP contribution is 2.08. The van der Waals surface area contributed by atoms with Crippen LogP contribution in [0.4, 0.5) is 0 Å². The van der Waals surface area contributed by atoms with E-state index in [1.54, 1.807) is 0 Å². The maximum Gasteiger partial charge on any atom is 0.0634 e. The molecule has 2 saturated heterocycles. The SMILES string of the molecule is C1CNCC2COCCN2C1. The van der Waals surface area contributed by atoms with Crippen molar-refractivity contribution in [2.75, 3.05) is 39.4 Å². The van der Waals surface area contributed by atoms with E-state index in [9.17, 15) is 0 Å². The van der Waals surface area contributed by atoms with Crippen molar-refractivity contribution >= 4 is 0 Å². The molecule has 11 heavy (non-hydrogen) atoms. The second-order valence-electron chi connectivity index (χ2n) is 3.32. The molecule has 0 bridgehead atoms. The minimum atomic E-state index is 0.645. The maximum atomic E-state index is 5.41. The quantitative estimate of drug-likeness (QED) is 0.520. The molecule has 1 atom stereocenters. The molecule has 1 N–H and O–H groups in total. The van der Waals surface area contributed by atoms with Crippen LogP contribution in [0, 0.1) is 0 Å². The molecule has 2 aliphatic heterocycles. The fraction of sp³-hybridized carbons (Fsp3) is 1.00.